The molecule has 1 aliphatic heterocycles. The maximum atomic E-state index is 8.88. The Morgan fingerprint density at radius 3 is 3.23 bits per heavy atom. The van der Waals surface area contributed by atoms with Gasteiger partial charge in [0.05, 0.1) is 18.8 Å². The van der Waals surface area contributed by atoms with Crippen LogP contribution in [0.3, 0.4) is 0 Å². The Bertz CT molecular complexity index is 312. The molecule has 0 amide bonds. The number of benzene rings is 1. The number of anilines is 1. The van der Waals surface area contributed by atoms with Crippen LogP contribution in [0.1, 0.15) is 5.56 Å². The van der Waals surface area contributed by atoms with Gasteiger partial charge in [-0.25, -0.2) is 0 Å². The Balaban J connectivity index is 2.26. The molecule has 3 nitrogen and oxygen atoms in total. The lowest BCUT2D eigenvalue weighted by atomic mass is 10.1. The first kappa shape index (κ1) is 8.38. The molecule has 1 aliphatic rings. The van der Waals surface area contributed by atoms with Crippen LogP contribution >= 0.6 is 0 Å². The lowest BCUT2D eigenvalue weighted by molar-refractivity contribution is 0.120. The van der Waals surface area contributed by atoms with Crippen molar-refractivity contribution in [3.05, 3.63) is 30.7 Å². The van der Waals surface area contributed by atoms with Crippen LogP contribution in [0.5, 0.6) is 5.75 Å². The van der Waals surface area contributed by atoms with E-state index in [-0.39, 0.29) is 12.7 Å². The van der Waals surface area contributed by atoms with Gasteiger partial charge in [0.1, 0.15) is 11.9 Å². The fraction of sp³-hybridized carbons (Fsp3) is 0.300. The zero-order chi connectivity index (χ0) is 9.26. The zero-order valence-corrected chi connectivity index (χ0v) is 7.16. The minimum Gasteiger partial charge on any atom is -0.484 e. The molecule has 1 atom stereocenters. The number of aliphatic hydroxyl groups is 1. The van der Waals surface area contributed by atoms with Gasteiger partial charge in [-0.1, -0.05) is 6.07 Å². The minimum absolute atomic E-state index is 0.0246. The van der Waals surface area contributed by atoms with Gasteiger partial charge < -0.3 is 15.2 Å². The molecule has 3 heteroatoms. The summed E-state index contributed by atoms with van der Waals surface area (Å²) in [4.78, 5) is 0. The standard InChI is InChI=1S/C10H11NO2/c1-7-2-3-10-9(4-7)11-5-8(6-12)13-10/h1-4,8,11-12H,5-6H2. The van der Waals surface area contributed by atoms with E-state index >= 15 is 0 Å². The van der Waals surface area contributed by atoms with Gasteiger partial charge in [-0.15, -0.1) is 0 Å². The van der Waals surface area contributed by atoms with Crippen molar-refractivity contribution in [1.82, 2.24) is 0 Å². The molecule has 0 saturated heterocycles. The second kappa shape index (κ2) is 3.26. The topological polar surface area (TPSA) is 41.5 Å². The summed E-state index contributed by atoms with van der Waals surface area (Å²) in [6.45, 7) is 6.25. The van der Waals surface area contributed by atoms with Crippen LogP contribution in [0.4, 0.5) is 5.69 Å². The van der Waals surface area contributed by atoms with Crippen LogP contribution in [0, 0.1) is 6.92 Å². The Morgan fingerprint density at radius 2 is 2.46 bits per heavy atom. The fourth-order valence-corrected chi connectivity index (χ4v) is 1.34. The molecule has 0 aromatic heterocycles. The van der Waals surface area contributed by atoms with E-state index < -0.39 is 0 Å². The summed E-state index contributed by atoms with van der Waals surface area (Å²) in [6, 6.07) is 5.41. The van der Waals surface area contributed by atoms with Crippen molar-refractivity contribution >= 4 is 5.69 Å². The van der Waals surface area contributed by atoms with E-state index in [1.165, 1.54) is 0 Å². The summed E-state index contributed by atoms with van der Waals surface area (Å²) in [5.41, 5.74) is 1.60. The molecule has 0 bridgehead atoms. The smallest absolute Gasteiger partial charge is 0.143 e. The van der Waals surface area contributed by atoms with Gasteiger partial charge in [0, 0.05) is 0 Å². The van der Waals surface area contributed by atoms with Crippen molar-refractivity contribution in [1.29, 1.82) is 0 Å². The van der Waals surface area contributed by atoms with Gasteiger partial charge in [0.15, 0.2) is 0 Å². The number of nitrogens with one attached hydrogen (secondary N) is 1. The van der Waals surface area contributed by atoms with E-state index in [4.69, 9.17) is 16.8 Å². The third-order valence-corrected chi connectivity index (χ3v) is 2.02. The first-order chi connectivity index (χ1) is 6.29. The van der Waals surface area contributed by atoms with Crippen LogP contribution < -0.4 is 10.1 Å². The molecule has 2 N–H and O–H groups in total. The van der Waals surface area contributed by atoms with E-state index in [0.29, 0.717) is 12.1 Å². The van der Waals surface area contributed by atoms with E-state index in [9.17, 15) is 0 Å². The predicted octanol–water partition coefficient (Wildman–Crippen LogP) is 0.911. The van der Waals surface area contributed by atoms with Gasteiger partial charge in [-0.3, -0.25) is 0 Å². The predicted molar refractivity (Wildman–Crippen MR) is 49.8 cm³/mol. The Hall–Kier alpha value is -1.22. The molecule has 1 heterocycles. The average Bonchev–Trinajstić information content (AvgIpc) is 2.17. The molecule has 0 spiro atoms. The van der Waals surface area contributed by atoms with Gasteiger partial charge in [-0.05, 0) is 24.6 Å². The van der Waals surface area contributed by atoms with Gasteiger partial charge in [0.2, 0.25) is 0 Å². The summed E-state index contributed by atoms with van der Waals surface area (Å²) >= 11 is 0. The zero-order valence-electron chi connectivity index (χ0n) is 7.16. The molecule has 2 rings (SSSR count). The van der Waals surface area contributed by atoms with Crippen molar-refractivity contribution in [2.24, 2.45) is 0 Å². The third-order valence-electron chi connectivity index (χ3n) is 2.02. The summed E-state index contributed by atoms with van der Waals surface area (Å²) in [7, 11) is 0. The Labute approximate surface area is 77.3 Å². The number of fused-ring (bicyclic) bond motifs is 1. The van der Waals surface area contributed by atoms with Crippen molar-refractivity contribution in [3.8, 4) is 5.75 Å². The summed E-state index contributed by atoms with van der Waals surface area (Å²) in [6.07, 6.45) is -0.156. The highest BCUT2D eigenvalue weighted by molar-refractivity contribution is 5.60. The number of hydrogen-bond acceptors (Lipinski definition) is 3. The molecule has 1 aromatic rings. The van der Waals surface area contributed by atoms with Crippen LogP contribution in [-0.2, 0) is 0 Å². The van der Waals surface area contributed by atoms with Gasteiger partial charge in [0.25, 0.3) is 0 Å². The second-order valence-electron chi connectivity index (χ2n) is 3.06. The van der Waals surface area contributed by atoms with Crippen LogP contribution in [-0.4, -0.2) is 24.4 Å². The van der Waals surface area contributed by atoms with E-state index in [2.05, 4.69) is 5.32 Å². The maximum absolute atomic E-state index is 8.88. The SMILES string of the molecule is [CH]c1ccc2c(c1)NCC(CO)O2. The van der Waals surface area contributed by atoms with E-state index in [1.807, 2.05) is 6.07 Å². The maximum Gasteiger partial charge on any atom is 0.143 e. The lowest BCUT2D eigenvalue weighted by Gasteiger charge is -2.26. The van der Waals surface area contributed by atoms with Crippen LogP contribution in [0.25, 0.3) is 0 Å². The molecule has 1 unspecified atom stereocenters. The highest BCUT2D eigenvalue weighted by Crippen LogP contribution is 2.29. The molecule has 13 heavy (non-hydrogen) atoms. The first-order valence-corrected chi connectivity index (χ1v) is 4.20. The van der Waals surface area contributed by atoms with Gasteiger partial charge >= 0.3 is 0 Å². The fourth-order valence-electron chi connectivity index (χ4n) is 1.34. The van der Waals surface area contributed by atoms with Crippen molar-refractivity contribution in [2.45, 2.75) is 6.10 Å². The van der Waals surface area contributed by atoms with E-state index in [1.54, 1.807) is 12.1 Å². The third kappa shape index (κ3) is 1.60. The monoisotopic (exact) mass is 177 g/mol. The minimum atomic E-state index is -0.156. The summed E-state index contributed by atoms with van der Waals surface area (Å²) < 4.78 is 5.47. The second-order valence-corrected chi connectivity index (χ2v) is 3.06. The van der Waals surface area contributed by atoms with Gasteiger partial charge in [-0.2, -0.15) is 0 Å². The first-order valence-electron chi connectivity index (χ1n) is 4.20. The molecular formula is C10H11NO2. The molecule has 0 aliphatic carbocycles. The number of aliphatic hydroxyl groups excluding tert-OH is 1. The summed E-state index contributed by atoms with van der Waals surface area (Å²) in [5, 5.41) is 12.0. The molecule has 0 saturated carbocycles. The normalized spacial score (nSPS) is 20.0. The number of ether oxygens (including phenoxy) is 1. The highest BCUT2D eigenvalue weighted by atomic mass is 16.5. The molecule has 68 valence electrons. The van der Waals surface area contributed by atoms with Crippen molar-refractivity contribution < 1.29 is 9.84 Å². The lowest BCUT2D eigenvalue weighted by Crippen LogP contribution is -2.33. The highest BCUT2D eigenvalue weighted by Gasteiger charge is 2.17. The Kier molecular flexibility index (Phi) is 2.10. The molecule has 0 fully saturated rings. The quantitative estimate of drug-likeness (QED) is 0.670. The van der Waals surface area contributed by atoms with Crippen molar-refractivity contribution in [2.75, 3.05) is 18.5 Å². The molecule has 2 radical (unpaired) electrons. The number of rotatable bonds is 1. The van der Waals surface area contributed by atoms with Crippen molar-refractivity contribution in [3.63, 3.8) is 0 Å². The van der Waals surface area contributed by atoms with E-state index in [0.717, 1.165) is 11.4 Å². The molecule has 1 aromatic carbocycles. The number of hydrogen-bond donors (Lipinski definition) is 2. The average molecular weight is 177 g/mol. The largest absolute Gasteiger partial charge is 0.484 e. The van der Waals surface area contributed by atoms with Crippen LogP contribution in [0.2, 0.25) is 0 Å². The Morgan fingerprint density at radius 1 is 1.62 bits per heavy atom. The van der Waals surface area contributed by atoms with Crippen LogP contribution in [0.15, 0.2) is 18.2 Å². The molecular weight excluding hydrogens is 166 g/mol. The summed E-state index contributed by atoms with van der Waals surface area (Å²) in [5.74, 6) is 0.750.